The molecule has 0 heterocycles. The minimum Gasteiger partial charge on any atom is -0.289 e. The van der Waals surface area contributed by atoms with E-state index in [-0.39, 0.29) is 23.4 Å². The topological polar surface area (TPSA) is 34.1 Å². The Morgan fingerprint density at radius 3 is 0.975 bits per heavy atom. The fraction of sp³-hybridized carbons (Fsp3) is 0.0649. The van der Waals surface area contributed by atoms with Gasteiger partial charge in [-0.15, -0.1) is 0 Å². The molecule has 0 bridgehead atoms. The van der Waals surface area contributed by atoms with Gasteiger partial charge >= 0.3 is 0 Å². The van der Waals surface area contributed by atoms with Crippen LogP contribution in [0, 0.1) is 5.92 Å². The van der Waals surface area contributed by atoms with Crippen LogP contribution in [0.15, 0.2) is 267 Å². The molecule has 366 valence electrons. The van der Waals surface area contributed by atoms with E-state index < -0.39 is 16.2 Å². The Bertz CT molecular complexity index is 4580. The van der Waals surface area contributed by atoms with Crippen LogP contribution in [0.3, 0.4) is 0 Å². The van der Waals surface area contributed by atoms with Gasteiger partial charge in [0.2, 0.25) is 0 Å². The monoisotopic (exact) mass is 1000 g/mol. The summed E-state index contributed by atoms with van der Waals surface area (Å²) in [7, 11) is 0. The zero-order valence-electron chi connectivity index (χ0n) is 42.9. The Balaban J connectivity index is 0.792. The molecule has 0 N–H and O–H groups in total. The van der Waals surface area contributed by atoms with Crippen molar-refractivity contribution < 1.29 is 9.59 Å². The van der Waals surface area contributed by atoms with Gasteiger partial charge in [0, 0.05) is 34.1 Å². The Kier molecular flexibility index (Phi) is 8.37. The van der Waals surface area contributed by atoms with Gasteiger partial charge in [0.25, 0.3) is 0 Å². The van der Waals surface area contributed by atoms with Gasteiger partial charge in [0.15, 0.2) is 11.6 Å². The molecule has 11 aromatic carbocycles. The lowest BCUT2D eigenvalue weighted by atomic mass is 9.65. The first-order valence-corrected chi connectivity index (χ1v) is 27.7. The predicted octanol–water partition coefficient (Wildman–Crippen LogP) is 17.0. The highest BCUT2D eigenvalue weighted by Crippen LogP contribution is 2.67. The molecule has 0 fully saturated rings. The number of benzene rings is 11. The van der Waals surface area contributed by atoms with Crippen LogP contribution in [-0.4, -0.2) is 11.6 Å². The van der Waals surface area contributed by atoms with Gasteiger partial charge in [0.1, 0.15) is 0 Å². The molecular formula is C77H46O2. The summed E-state index contributed by atoms with van der Waals surface area (Å²) in [5, 5.41) is 0. The van der Waals surface area contributed by atoms with Gasteiger partial charge < -0.3 is 0 Å². The number of hydrogen-bond donors (Lipinski definition) is 0. The smallest absolute Gasteiger partial charge is 0.193 e. The summed E-state index contributed by atoms with van der Waals surface area (Å²) in [5.41, 5.74) is 27.0. The molecule has 0 radical (unpaired) electrons. The molecule has 0 saturated carbocycles. The average molecular weight is 1000 g/mol. The third-order valence-electron chi connectivity index (χ3n) is 19.6. The average Bonchev–Trinajstić information content (AvgIpc) is 4.32. The van der Waals surface area contributed by atoms with Crippen molar-refractivity contribution in [2.75, 3.05) is 0 Å². The van der Waals surface area contributed by atoms with E-state index in [2.05, 4.69) is 243 Å². The van der Waals surface area contributed by atoms with E-state index in [1.807, 2.05) is 24.3 Å². The minimum absolute atomic E-state index is 0.01000. The van der Waals surface area contributed by atoms with E-state index in [1.165, 1.54) is 66.8 Å². The first-order chi connectivity index (χ1) is 39.0. The second kappa shape index (κ2) is 15.2. The summed E-state index contributed by atoms with van der Waals surface area (Å²) in [4.78, 5) is 31.3. The summed E-state index contributed by atoms with van der Waals surface area (Å²) in [6.07, 6.45) is 9.15. The third kappa shape index (κ3) is 5.10. The van der Waals surface area contributed by atoms with E-state index in [0.717, 1.165) is 55.6 Å². The standard InChI is InChI=1S/C77H46O2/c78-73(45-33-37-57-55-23-7-13-29-65(55)75(69(57)41-45)61-25-9-1-17-49(61)50-18-2-10-26-62(50)75)47-35-39-59-60-40-36-48(44-72(60)77(71(59)43-47)67-31-15-5-21-53(67)54-22-6-16-32-68(54)77)74(79)46-34-38-58-56-24-8-14-30-66(56)76(70(58)42-46)63-27-11-3-19-51(63)52-20-4-12-28-64(52)76/h1-44,49,61H. The van der Waals surface area contributed by atoms with Crippen LogP contribution < -0.4 is 0 Å². The molecule has 0 saturated heterocycles. The number of carbonyl (C=O) groups is 2. The first-order valence-electron chi connectivity index (χ1n) is 27.7. The van der Waals surface area contributed by atoms with Gasteiger partial charge in [0.05, 0.1) is 16.2 Å². The van der Waals surface area contributed by atoms with Crippen molar-refractivity contribution in [2.45, 2.75) is 22.2 Å². The fourth-order valence-corrected chi connectivity index (χ4v) is 16.7. The lowest BCUT2D eigenvalue weighted by Gasteiger charge is -2.36. The predicted molar refractivity (Wildman–Crippen MR) is 315 cm³/mol. The SMILES string of the molecule is O=C(c1ccc2c(c1)C1(c3ccccc3-c3ccccc31)c1ccccc1-2)c1ccc2c(c1)C1(c3ccccc3-c3ccccc31)c1cc(C(=O)c3ccc4c(c3)C3(c5ccccc5-4)c4ccccc4C4C=CC=CC43)ccc1-2. The quantitative estimate of drug-likeness (QED) is 0.165. The number of hydrogen-bond acceptors (Lipinski definition) is 2. The van der Waals surface area contributed by atoms with Crippen LogP contribution in [-0.2, 0) is 16.2 Å². The summed E-state index contributed by atoms with van der Waals surface area (Å²) in [5.74, 6) is 0.363. The molecule has 11 aromatic rings. The summed E-state index contributed by atoms with van der Waals surface area (Å²) >= 11 is 0. The summed E-state index contributed by atoms with van der Waals surface area (Å²) < 4.78 is 0. The van der Waals surface area contributed by atoms with Crippen molar-refractivity contribution in [2.24, 2.45) is 5.92 Å². The Labute approximate surface area is 458 Å². The second-order valence-corrected chi connectivity index (χ2v) is 22.7. The van der Waals surface area contributed by atoms with E-state index in [0.29, 0.717) is 22.3 Å². The number of allylic oxidation sites excluding steroid dienone is 4. The Hall–Kier alpha value is -9.76. The summed E-state index contributed by atoms with van der Waals surface area (Å²) in [6, 6.07) is 87.3. The normalized spacial score (nSPS) is 18.9. The Morgan fingerprint density at radius 1 is 0.266 bits per heavy atom. The van der Waals surface area contributed by atoms with Crippen molar-refractivity contribution in [1.82, 2.24) is 0 Å². The van der Waals surface area contributed by atoms with Crippen LogP contribution in [0.4, 0.5) is 0 Å². The molecule has 2 heteroatoms. The molecule has 0 amide bonds. The maximum absolute atomic E-state index is 15.6. The molecule has 3 atom stereocenters. The third-order valence-corrected chi connectivity index (χ3v) is 19.6. The zero-order valence-corrected chi connectivity index (χ0v) is 42.9. The molecule has 2 nitrogen and oxygen atoms in total. The van der Waals surface area contributed by atoms with E-state index in [4.69, 9.17) is 0 Å². The Morgan fingerprint density at radius 2 is 0.557 bits per heavy atom. The van der Waals surface area contributed by atoms with Gasteiger partial charge in [-0.05, 0) is 147 Å². The minimum atomic E-state index is -0.793. The zero-order chi connectivity index (χ0) is 51.9. The lowest BCUT2D eigenvalue weighted by Crippen LogP contribution is -2.33. The lowest BCUT2D eigenvalue weighted by molar-refractivity contribution is 0.103. The molecule has 3 unspecified atom stereocenters. The number of ketones is 2. The number of carbonyl (C=O) groups excluding carboxylic acids is 2. The van der Waals surface area contributed by atoms with Gasteiger partial charge in [-0.1, -0.05) is 243 Å². The van der Waals surface area contributed by atoms with Gasteiger partial charge in [-0.2, -0.15) is 0 Å². The molecule has 3 spiro atoms. The van der Waals surface area contributed by atoms with E-state index >= 15 is 9.59 Å². The van der Waals surface area contributed by atoms with Gasteiger partial charge in [-0.3, -0.25) is 9.59 Å². The van der Waals surface area contributed by atoms with E-state index in [1.54, 1.807) is 0 Å². The molecule has 18 rings (SSSR count). The highest BCUT2D eigenvalue weighted by atomic mass is 16.1. The van der Waals surface area contributed by atoms with Crippen molar-refractivity contribution in [1.29, 1.82) is 0 Å². The second-order valence-electron chi connectivity index (χ2n) is 22.7. The molecule has 79 heavy (non-hydrogen) atoms. The number of rotatable bonds is 4. The van der Waals surface area contributed by atoms with Crippen LogP contribution in [0.25, 0.3) is 55.6 Å². The van der Waals surface area contributed by atoms with Crippen LogP contribution >= 0.6 is 0 Å². The van der Waals surface area contributed by atoms with Crippen molar-refractivity contribution in [3.8, 4) is 55.6 Å². The van der Waals surface area contributed by atoms with Crippen LogP contribution in [0.2, 0.25) is 0 Å². The highest BCUT2D eigenvalue weighted by Gasteiger charge is 2.58. The van der Waals surface area contributed by atoms with Gasteiger partial charge in [-0.25, -0.2) is 0 Å². The van der Waals surface area contributed by atoms with Crippen molar-refractivity contribution in [3.05, 3.63) is 356 Å². The van der Waals surface area contributed by atoms with E-state index in [9.17, 15) is 0 Å². The summed E-state index contributed by atoms with van der Waals surface area (Å²) in [6.45, 7) is 0. The molecule has 0 aliphatic heterocycles. The van der Waals surface area contributed by atoms with Crippen LogP contribution in [0.5, 0.6) is 0 Å². The largest absolute Gasteiger partial charge is 0.289 e. The maximum atomic E-state index is 15.6. The van der Waals surface area contributed by atoms with Crippen LogP contribution in [0.1, 0.15) is 105 Å². The molecular weight excluding hydrogens is 957 g/mol. The van der Waals surface area contributed by atoms with Crippen molar-refractivity contribution in [3.63, 3.8) is 0 Å². The molecule has 7 aliphatic rings. The molecule has 0 aromatic heterocycles. The maximum Gasteiger partial charge on any atom is 0.193 e. The highest BCUT2D eigenvalue weighted by molar-refractivity contribution is 6.13. The fourth-order valence-electron chi connectivity index (χ4n) is 16.7. The number of fused-ring (bicyclic) bond motifs is 30. The molecule has 7 aliphatic carbocycles. The van der Waals surface area contributed by atoms with Crippen molar-refractivity contribution >= 4 is 11.6 Å². The first kappa shape index (κ1) is 43.4.